The lowest BCUT2D eigenvalue weighted by atomic mass is 9.93. The van der Waals surface area contributed by atoms with E-state index in [1.165, 1.54) is 33.5 Å². The molecule has 1 aromatic heterocycles. The monoisotopic (exact) mass is 592 g/mol. The topological polar surface area (TPSA) is 107 Å². The summed E-state index contributed by atoms with van der Waals surface area (Å²) in [7, 11) is 4.44. The summed E-state index contributed by atoms with van der Waals surface area (Å²) in [5, 5.41) is 14.6. The van der Waals surface area contributed by atoms with E-state index < -0.39 is 17.6 Å². The predicted molar refractivity (Wildman–Crippen MR) is 162 cm³/mol. The van der Waals surface area contributed by atoms with Gasteiger partial charge in [-0.1, -0.05) is 24.3 Å². The number of para-hydroxylation sites is 1. The lowest BCUT2D eigenvalue weighted by Crippen LogP contribution is -2.43. The first-order valence-corrected chi connectivity index (χ1v) is 13.7. The molecule has 0 N–H and O–H groups in total. The number of amides is 2. The highest BCUT2D eigenvalue weighted by Crippen LogP contribution is 2.33. The van der Waals surface area contributed by atoms with Crippen molar-refractivity contribution in [2.75, 3.05) is 27.9 Å². The molecule has 0 saturated carbocycles. The zero-order valence-corrected chi connectivity index (χ0v) is 24.6. The van der Waals surface area contributed by atoms with Gasteiger partial charge in [0.25, 0.3) is 11.8 Å². The number of imide groups is 1. The first-order chi connectivity index (χ1) is 21.3. The van der Waals surface area contributed by atoms with Gasteiger partial charge in [0.05, 0.1) is 27.0 Å². The third kappa shape index (κ3) is 5.68. The van der Waals surface area contributed by atoms with Crippen molar-refractivity contribution in [1.29, 1.82) is 5.26 Å². The number of methoxy groups -OCH3 is 3. The fraction of sp³-hybridized carbons (Fsp3) is 0.176. The highest BCUT2D eigenvalue weighted by Gasteiger charge is 2.35. The van der Waals surface area contributed by atoms with Crippen molar-refractivity contribution < 1.29 is 28.2 Å². The minimum Gasteiger partial charge on any atom is -0.494 e. The summed E-state index contributed by atoms with van der Waals surface area (Å²) in [5.41, 5.74) is 3.20. The van der Waals surface area contributed by atoms with Gasteiger partial charge in [0.2, 0.25) is 0 Å². The van der Waals surface area contributed by atoms with Crippen LogP contribution in [0.1, 0.15) is 18.1 Å². The SMILES string of the molecule is COc1ccc(-c2nn(-c3ccccc3)cc2/C=C2/C(=O)N(CCc3ccc(OC)c(OC)c3)C(=O)C(C#N)=C2C)cc1F. The van der Waals surface area contributed by atoms with Crippen LogP contribution in [0, 0.1) is 17.1 Å². The molecular formula is C34H29FN4O5. The highest BCUT2D eigenvalue weighted by atomic mass is 19.1. The van der Waals surface area contributed by atoms with Crippen LogP contribution in [0.4, 0.5) is 4.39 Å². The van der Waals surface area contributed by atoms with Crippen molar-refractivity contribution >= 4 is 17.9 Å². The van der Waals surface area contributed by atoms with Gasteiger partial charge in [-0.2, -0.15) is 10.4 Å². The third-order valence-electron chi connectivity index (χ3n) is 7.39. The zero-order chi connectivity index (χ0) is 31.4. The largest absolute Gasteiger partial charge is 0.494 e. The van der Waals surface area contributed by atoms with Crippen molar-refractivity contribution in [2.24, 2.45) is 0 Å². The third-order valence-corrected chi connectivity index (χ3v) is 7.39. The normalized spacial score (nSPS) is 14.2. The number of hydrogen-bond acceptors (Lipinski definition) is 7. The summed E-state index contributed by atoms with van der Waals surface area (Å²) in [6.07, 6.45) is 3.64. The lowest BCUT2D eigenvalue weighted by Gasteiger charge is -2.27. The smallest absolute Gasteiger partial charge is 0.271 e. The van der Waals surface area contributed by atoms with E-state index in [0.717, 1.165) is 16.2 Å². The number of aromatic nitrogens is 2. The van der Waals surface area contributed by atoms with Crippen LogP contribution >= 0.6 is 0 Å². The standard InChI is InChI=1S/C34H29FN4O5/c1-21-26(33(40)38(34(41)27(21)19-36)15-14-22-10-12-30(43-3)31(16-22)44-4)17-24-20-39(25-8-6-5-7-9-25)37-32(24)23-11-13-29(42-2)28(35)18-23/h5-13,16-18,20H,14-15H2,1-4H3/b26-17+. The van der Waals surface area contributed by atoms with Crippen LogP contribution in [0.15, 0.2) is 89.6 Å². The van der Waals surface area contributed by atoms with Crippen molar-refractivity contribution in [2.45, 2.75) is 13.3 Å². The molecule has 5 rings (SSSR count). The van der Waals surface area contributed by atoms with Crippen molar-refractivity contribution in [3.63, 3.8) is 0 Å². The molecule has 1 aliphatic rings. The number of ether oxygens (including phenoxy) is 3. The Kier molecular flexibility index (Phi) is 8.58. The lowest BCUT2D eigenvalue weighted by molar-refractivity contribution is -0.140. The maximum Gasteiger partial charge on any atom is 0.271 e. The van der Waals surface area contributed by atoms with E-state index in [-0.39, 0.29) is 29.0 Å². The Labute approximate surface area is 254 Å². The Hall–Kier alpha value is -5.69. The van der Waals surface area contributed by atoms with Crippen LogP contribution in [0.25, 0.3) is 23.0 Å². The number of rotatable bonds is 9. The molecular weight excluding hydrogens is 563 g/mol. The molecule has 2 amide bonds. The van der Waals surface area contributed by atoms with E-state index in [1.54, 1.807) is 42.1 Å². The van der Waals surface area contributed by atoms with Crippen molar-refractivity contribution in [1.82, 2.24) is 14.7 Å². The number of nitriles is 1. The van der Waals surface area contributed by atoms with E-state index in [2.05, 4.69) is 0 Å². The first-order valence-electron chi connectivity index (χ1n) is 13.7. The first kappa shape index (κ1) is 29.8. The number of carbonyl (C=O) groups excluding carboxylic acids is 2. The molecule has 44 heavy (non-hydrogen) atoms. The van der Waals surface area contributed by atoms with Gasteiger partial charge in [-0.05, 0) is 73.0 Å². The number of nitrogens with zero attached hydrogens (tertiary/aromatic N) is 4. The molecule has 222 valence electrons. The Balaban J connectivity index is 1.57. The van der Waals surface area contributed by atoms with Crippen LogP contribution in [-0.2, 0) is 16.0 Å². The van der Waals surface area contributed by atoms with E-state index in [0.29, 0.717) is 34.7 Å². The second kappa shape index (κ2) is 12.7. The van der Waals surface area contributed by atoms with E-state index >= 15 is 0 Å². The van der Waals surface area contributed by atoms with E-state index in [9.17, 15) is 19.2 Å². The van der Waals surface area contributed by atoms with Gasteiger partial charge in [0.1, 0.15) is 17.3 Å². The van der Waals surface area contributed by atoms with Crippen molar-refractivity contribution in [3.8, 4) is 40.3 Å². The van der Waals surface area contributed by atoms with Crippen LogP contribution in [0.2, 0.25) is 0 Å². The van der Waals surface area contributed by atoms with Crippen LogP contribution < -0.4 is 14.2 Å². The molecule has 0 radical (unpaired) electrons. The molecule has 0 fully saturated rings. The molecule has 0 unspecified atom stereocenters. The summed E-state index contributed by atoms with van der Waals surface area (Å²) >= 11 is 0. The molecule has 0 saturated heterocycles. The molecule has 3 aromatic carbocycles. The fourth-order valence-electron chi connectivity index (χ4n) is 5.01. The average molecular weight is 593 g/mol. The van der Waals surface area contributed by atoms with Gasteiger partial charge >= 0.3 is 0 Å². The number of halogens is 1. The van der Waals surface area contributed by atoms with Crippen LogP contribution in [-0.4, -0.2) is 54.4 Å². The van der Waals surface area contributed by atoms with E-state index in [4.69, 9.17) is 19.3 Å². The minimum atomic E-state index is -0.662. The predicted octanol–water partition coefficient (Wildman–Crippen LogP) is 5.54. The van der Waals surface area contributed by atoms with Crippen LogP contribution in [0.5, 0.6) is 17.2 Å². The second-order valence-electron chi connectivity index (χ2n) is 9.93. The molecule has 0 bridgehead atoms. The maximum atomic E-state index is 14.8. The van der Waals surface area contributed by atoms with Gasteiger partial charge in [-0.3, -0.25) is 14.5 Å². The summed E-state index contributed by atoms with van der Waals surface area (Å²) < 4.78 is 32.1. The summed E-state index contributed by atoms with van der Waals surface area (Å²) in [5.74, 6) is -0.619. The highest BCUT2D eigenvalue weighted by molar-refractivity contribution is 6.19. The number of benzene rings is 3. The Morgan fingerprint density at radius 3 is 2.27 bits per heavy atom. The van der Waals surface area contributed by atoms with Gasteiger partial charge in [-0.25, -0.2) is 9.07 Å². The number of carbonyl (C=O) groups is 2. The molecule has 2 heterocycles. The van der Waals surface area contributed by atoms with Crippen LogP contribution in [0.3, 0.4) is 0 Å². The Bertz CT molecular complexity index is 1850. The Morgan fingerprint density at radius 1 is 0.909 bits per heavy atom. The second-order valence-corrected chi connectivity index (χ2v) is 9.93. The maximum absolute atomic E-state index is 14.8. The molecule has 10 heteroatoms. The average Bonchev–Trinajstić information content (AvgIpc) is 3.47. The van der Waals surface area contributed by atoms with E-state index in [1.807, 2.05) is 42.5 Å². The summed E-state index contributed by atoms with van der Waals surface area (Å²) in [6.45, 7) is 1.60. The Morgan fingerprint density at radius 2 is 1.61 bits per heavy atom. The molecule has 0 aliphatic carbocycles. The number of hydrogen-bond donors (Lipinski definition) is 0. The van der Waals surface area contributed by atoms with Gasteiger partial charge in [-0.15, -0.1) is 0 Å². The molecule has 1 aliphatic heterocycles. The fourth-order valence-corrected chi connectivity index (χ4v) is 5.01. The molecule has 0 atom stereocenters. The van der Waals surface area contributed by atoms with Crippen molar-refractivity contribution in [3.05, 3.63) is 107 Å². The molecule has 0 spiro atoms. The van der Waals surface area contributed by atoms with Gasteiger partial charge in [0.15, 0.2) is 23.1 Å². The molecule has 9 nitrogen and oxygen atoms in total. The van der Waals surface area contributed by atoms with Gasteiger partial charge in [0, 0.05) is 29.4 Å². The minimum absolute atomic E-state index is 0.0305. The quantitative estimate of drug-likeness (QED) is 0.186. The summed E-state index contributed by atoms with van der Waals surface area (Å²) in [4.78, 5) is 28.2. The zero-order valence-electron chi connectivity index (χ0n) is 24.6. The summed E-state index contributed by atoms with van der Waals surface area (Å²) in [6, 6.07) is 21.1. The molecule has 4 aromatic rings. The van der Waals surface area contributed by atoms with Gasteiger partial charge < -0.3 is 14.2 Å².